The van der Waals surface area contributed by atoms with Crippen molar-refractivity contribution < 1.29 is 28.5 Å². The normalized spacial score (nSPS) is 13.6. The lowest BCUT2D eigenvalue weighted by Gasteiger charge is -2.29. The molecule has 200 valence electrons. The second kappa shape index (κ2) is 11.4. The van der Waals surface area contributed by atoms with Crippen LogP contribution in [-0.2, 0) is 20.5 Å². The summed E-state index contributed by atoms with van der Waals surface area (Å²) < 4.78 is 27.3. The Bertz CT molecular complexity index is 1300. The van der Waals surface area contributed by atoms with Gasteiger partial charge in [0.25, 0.3) is 0 Å². The Hall–Kier alpha value is -3.65. The van der Waals surface area contributed by atoms with E-state index in [1.54, 1.807) is 52.5 Å². The quantitative estimate of drug-likeness (QED) is 0.354. The number of nitrogens with zero attached hydrogens (tertiary/aromatic N) is 2. The number of aliphatic carboxylic acids is 1. The third-order valence-electron chi connectivity index (χ3n) is 6.53. The third-order valence-corrected chi connectivity index (χ3v) is 9.00. The summed E-state index contributed by atoms with van der Waals surface area (Å²) in [7, 11) is 3.45. The van der Waals surface area contributed by atoms with Crippen LogP contribution in [0.4, 0.5) is 4.79 Å². The molecule has 1 amide bonds. The van der Waals surface area contributed by atoms with Gasteiger partial charge >= 0.3 is 19.7 Å². The van der Waals surface area contributed by atoms with E-state index < -0.39 is 25.8 Å². The SMILES string of the molecule is CN(C)P(=O)(Oc1ccc(C[C@H](NC(=O)OCC2c3ccccc3-c3ccccc32)C(=O)O)cc1)N(C)C. The van der Waals surface area contributed by atoms with Crippen LogP contribution in [0.3, 0.4) is 0 Å². The molecule has 1 aliphatic rings. The van der Waals surface area contributed by atoms with E-state index in [1.807, 2.05) is 48.5 Å². The van der Waals surface area contributed by atoms with Crippen LogP contribution in [0.25, 0.3) is 11.1 Å². The molecule has 0 unspecified atom stereocenters. The van der Waals surface area contributed by atoms with Crippen molar-refractivity contribution >= 4 is 19.7 Å². The van der Waals surface area contributed by atoms with Crippen LogP contribution < -0.4 is 9.84 Å². The summed E-state index contributed by atoms with van der Waals surface area (Å²) in [6.45, 7) is 0.0933. The van der Waals surface area contributed by atoms with Crippen molar-refractivity contribution in [1.29, 1.82) is 0 Å². The number of hydrogen-bond acceptors (Lipinski definition) is 5. The molecule has 9 nitrogen and oxygen atoms in total. The number of nitrogens with one attached hydrogen (secondary N) is 1. The summed E-state index contributed by atoms with van der Waals surface area (Å²) in [5.74, 6) is -0.913. The number of alkyl carbamates (subject to hydrolysis) is 1. The number of rotatable bonds is 10. The Balaban J connectivity index is 1.38. The van der Waals surface area contributed by atoms with Gasteiger partial charge in [0.05, 0.1) is 0 Å². The molecule has 2 N–H and O–H groups in total. The molecule has 0 aliphatic heterocycles. The molecule has 1 atom stereocenters. The molecule has 4 rings (SSSR count). The number of carbonyl (C=O) groups is 2. The highest BCUT2D eigenvalue weighted by molar-refractivity contribution is 7.54. The second-order valence-electron chi connectivity index (χ2n) is 9.49. The molecule has 38 heavy (non-hydrogen) atoms. The Labute approximate surface area is 222 Å². The lowest BCUT2D eigenvalue weighted by molar-refractivity contribution is -0.139. The van der Waals surface area contributed by atoms with Crippen LogP contribution in [0.2, 0.25) is 0 Å². The minimum absolute atomic E-state index is 0.0405. The highest BCUT2D eigenvalue weighted by Crippen LogP contribution is 2.50. The topological polar surface area (TPSA) is 108 Å². The second-order valence-corrected chi connectivity index (χ2v) is 12.2. The number of amides is 1. The number of ether oxygens (including phenoxy) is 1. The predicted molar refractivity (Wildman–Crippen MR) is 145 cm³/mol. The van der Waals surface area contributed by atoms with Crippen LogP contribution >= 0.6 is 7.67 Å². The smallest absolute Gasteiger partial charge is 0.407 e. The van der Waals surface area contributed by atoms with Gasteiger partial charge in [-0.25, -0.2) is 23.5 Å². The maximum Gasteiger partial charge on any atom is 0.407 e. The van der Waals surface area contributed by atoms with Crippen LogP contribution in [0, 0.1) is 0 Å². The molecule has 0 spiro atoms. The minimum atomic E-state index is -3.22. The van der Waals surface area contributed by atoms with Gasteiger partial charge in [-0.15, -0.1) is 0 Å². The van der Waals surface area contributed by atoms with Crippen LogP contribution in [0.5, 0.6) is 5.75 Å². The predicted octanol–water partition coefficient (Wildman–Crippen LogP) is 4.83. The first-order valence-corrected chi connectivity index (χ1v) is 13.7. The van der Waals surface area contributed by atoms with Crippen LogP contribution in [-0.4, -0.2) is 67.3 Å². The van der Waals surface area contributed by atoms with Crippen LogP contribution in [0.15, 0.2) is 72.8 Å². The lowest BCUT2D eigenvalue weighted by Crippen LogP contribution is -2.42. The highest BCUT2D eigenvalue weighted by Gasteiger charge is 2.32. The summed E-state index contributed by atoms with van der Waals surface area (Å²) in [6, 6.07) is 21.4. The fourth-order valence-corrected chi connectivity index (χ4v) is 6.00. The van der Waals surface area contributed by atoms with Gasteiger partial charge in [0.1, 0.15) is 18.4 Å². The molecule has 3 aromatic rings. The first-order chi connectivity index (χ1) is 18.1. The molecular weight excluding hydrogens is 505 g/mol. The maximum absolute atomic E-state index is 13.0. The van der Waals surface area contributed by atoms with Crippen LogP contribution in [0.1, 0.15) is 22.6 Å². The average Bonchev–Trinajstić information content (AvgIpc) is 3.21. The molecule has 10 heteroatoms. The largest absolute Gasteiger partial charge is 0.480 e. The molecule has 0 saturated carbocycles. The van der Waals surface area contributed by atoms with Gasteiger partial charge in [-0.05, 0) is 68.1 Å². The van der Waals surface area contributed by atoms with E-state index in [-0.39, 0.29) is 18.9 Å². The van der Waals surface area contributed by atoms with Crippen molar-refractivity contribution in [3.05, 3.63) is 89.5 Å². The number of hydrogen-bond donors (Lipinski definition) is 2. The van der Waals surface area contributed by atoms with E-state index in [0.29, 0.717) is 11.3 Å². The molecule has 0 aromatic heterocycles. The standard InChI is InChI=1S/C28H32N3O6P/c1-30(2)38(35,31(3)4)37-20-15-13-19(14-16-20)17-26(27(32)33)29-28(34)36-18-25-23-11-7-5-9-21(23)22-10-6-8-12-24(22)25/h5-16,25-26H,17-18H2,1-4H3,(H,29,34)(H,32,33)/t26-/m0/s1. The molecule has 3 aromatic carbocycles. The van der Waals surface area contributed by atoms with E-state index in [4.69, 9.17) is 9.26 Å². The molecular formula is C28H32N3O6P. The molecule has 0 fully saturated rings. The molecule has 0 radical (unpaired) electrons. The Morgan fingerprint density at radius 2 is 1.42 bits per heavy atom. The third kappa shape index (κ3) is 5.75. The summed E-state index contributed by atoms with van der Waals surface area (Å²) in [5.41, 5.74) is 5.03. The fourth-order valence-electron chi connectivity index (χ4n) is 4.56. The molecule has 0 bridgehead atoms. The zero-order valence-electron chi connectivity index (χ0n) is 21.8. The van der Waals surface area contributed by atoms with E-state index in [1.165, 1.54) is 9.34 Å². The van der Waals surface area contributed by atoms with E-state index in [9.17, 15) is 19.3 Å². The van der Waals surface area contributed by atoms with E-state index in [2.05, 4.69) is 5.32 Å². The molecule has 1 aliphatic carbocycles. The van der Waals surface area contributed by atoms with Gasteiger partial charge in [0, 0.05) is 12.3 Å². The summed E-state index contributed by atoms with van der Waals surface area (Å²) in [5, 5.41) is 12.2. The first kappa shape index (κ1) is 27.4. The van der Waals surface area contributed by atoms with Gasteiger partial charge in [0.2, 0.25) is 0 Å². The summed E-state index contributed by atoms with van der Waals surface area (Å²) in [6.07, 6.45) is -0.754. The first-order valence-electron chi connectivity index (χ1n) is 12.2. The number of carboxylic acid groups (broad SMARTS) is 1. The van der Waals surface area contributed by atoms with Gasteiger partial charge in [-0.2, -0.15) is 0 Å². The van der Waals surface area contributed by atoms with Gasteiger partial charge < -0.3 is 19.7 Å². The average molecular weight is 538 g/mol. The Kier molecular flexibility index (Phi) is 8.21. The Morgan fingerprint density at radius 1 is 0.895 bits per heavy atom. The summed E-state index contributed by atoms with van der Waals surface area (Å²) in [4.78, 5) is 24.5. The number of fused-ring (bicyclic) bond motifs is 3. The number of carbonyl (C=O) groups excluding carboxylic acids is 1. The van der Waals surface area contributed by atoms with Gasteiger partial charge in [-0.1, -0.05) is 60.7 Å². The zero-order chi connectivity index (χ0) is 27.4. The zero-order valence-corrected chi connectivity index (χ0v) is 22.7. The molecule has 0 saturated heterocycles. The van der Waals surface area contributed by atoms with Crippen molar-refractivity contribution in [2.45, 2.75) is 18.4 Å². The van der Waals surface area contributed by atoms with Crippen molar-refractivity contribution in [1.82, 2.24) is 14.7 Å². The van der Waals surface area contributed by atoms with E-state index in [0.717, 1.165) is 22.3 Å². The Morgan fingerprint density at radius 3 is 1.92 bits per heavy atom. The molecule has 0 heterocycles. The lowest BCUT2D eigenvalue weighted by atomic mass is 9.98. The van der Waals surface area contributed by atoms with Crippen molar-refractivity contribution in [2.75, 3.05) is 34.8 Å². The van der Waals surface area contributed by atoms with Crippen molar-refractivity contribution in [3.8, 4) is 16.9 Å². The maximum atomic E-state index is 13.0. The fraction of sp³-hybridized carbons (Fsp3) is 0.286. The highest BCUT2D eigenvalue weighted by atomic mass is 31.2. The number of carboxylic acids is 1. The van der Waals surface area contributed by atoms with Crippen molar-refractivity contribution in [2.24, 2.45) is 0 Å². The van der Waals surface area contributed by atoms with Gasteiger partial charge in [0.15, 0.2) is 0 Å². The van der Waals surface area contributed by atoms with Crippen molar-refractivity contribution in [3.63, 3.8) is 0 Å². The number of benzene rings is 3. The summed E-state index contributed by atoms with van der Waals surface area (Å²) >= 11 is 0. The monoisotopic (exact) mass is 537 g/mol. The van der Waals surface area contributed by atoms with E-state index >= 15 is 0 Å². The minimum Gasteiger partial charge on any atom is -0.480 e. The van der Waals surface area contributed by atoms with Gasteiger partial charge in [-0.3, -0.25) is 0 Å².